The van der Waals surface area contributed by atoms with Gasteiger partial charge in [0.25, 0.3) is 0 Å². The first-order valence-corrected chi connectivity index (χ1v) is 6.21. The third kappa shape index (κ3) is 2.00. The number of fused-ring (bicyclic) bond motifs is 1. The minimum Gasteiger partial charge on any atom is -0.383 e. The molecule has 0 fully saturated rings. The molecule has 2 heterocycles. The molecule has 0 saturated heterocycles. The number of amidine groups is 2. The van der Waals surface area contributed by atoms with E-state index in [1.54, 1.807) is 6.20 Å². The van der Waals surface area contributed by atoms with Crippen molar-refractivity contribution in [2.24, 2.45) is 10.7 Å². The molecule has 1 aliphatic heterocycles. The number of nitrogens with two attached hydrogens (primary N) is 1. The van der Waals surface area contributed by atoms with E-state index in [9.17, 15) is 0 Å². The van der Waals surface area contributed by atoms with Crippen LogP contribution in [0.15, 0.2) is 46.4 Å². The number of thioether (sulfide) groups is 1. The van der Waals surface area contributed by atoms with Crippen molar-refractivity contribution in [3.8, 4) is 0 Å². The Balaban J connectivity index is 2.03. The number of nitrogens with zero attached hydrogens (tertiary/aromatic N) is 2. The molecule has 88 valence electrons. The molecule has 18 heavy (non-hydrogen) atoms. The highest BCUT2D eigenvalue weighted by atomic mass is 32.2. The van der Waals surface area contributed by atoms with Crippen LogP contribution in [0.5, 0.6) is 0 Å². The van der Waals surface area contributed by atoms with Gasteiger partial charge in [0.15, 0.2) is 5.17 Å². The normalized spacial score (nSPS) is 17.4. The van der Waals surface area contributed by atoms with E-state index in [2.05, 4.69) is 9.98 Å². The molecular weight excluding hydrogens is 244 g/mol. The topological polar surface area (TPSA) is 75.1 Å². The van der Waals surface area contributed by atoms with Crippen LogP contribution in [0.25, 0.3) is 17.0 Å². The van der Waals surface area contributed by atoms with Crippen LogP contribution >= 0.6 is 11.8 Å². The van der Waals surface area contributed by atoms with Gasteiger partial charge in [-0.2, -0.15) is 0 Å². The molecule has 0 unspecified atom stereocenters. The number of nitrogens with one attached hydrogen (secondary N) is 1. The standard InChI is InChI=1S/C13H10N4S/c14-12-11(18-13(15)17-12)7-8-3-4-10-9(6-8)2-1-5-16-10/h1-7H,(H3,14,15,17). The van der Waals surface area contributed by atoms with Gasteiger partial charge in [-0.1, -0.05) is 12.1 Å². The lowest BCUT2D eigenvalue weighted by Crippen LogP contribution is -2.08. The van der Waals surface area contributed by atoms with E-state index in [1.807, 2.05) is 36.4 Å². The van der Waals surface area contributed by atoms with Crippen LogP contribution in [-0.4, -0.2) is 16.0 Å². The maximum atomic E-state index is 7.45. The number of hydrogen-bond acceptors (Lipinski definition) is 4. The average molecular weight is 254 g/mol. The van der Waals surface area contributed by atoms with Crippen molar-refractivity contribution >= 4 is 39.7 Å². The summed E-state index contributed by atoms with van der Waals surface area (Å²) < 4.78 is 0. The molecular formula is C13H10N4S. The Morgan fingerprint density at radius 3 is 2.94 bits per heavy atom. The fourth-order valence-corrected chi connectivity index (χ4v) is 2.48. The van der Waals surface area contributed by atoms with Gasteiger partial charge in [0, 0.05) is 11.6 Å². The highest BCUT2D eigenvalue weighted by Gasteiger charge is 2.15. The van der Waals surface area contributed by atoms with E-state index < -0.39 is 0 Å². The lowest BCUT2D eigenvalue weighted by molar-refractivity contribution is 1.41. The molecule has 5 heteroatoms. The Kier molecular flexibility index (Phi) is 2.60. The summed E-state index contributed by atoms with van der Waals surface area (Å²) in [6.45, 7) is 0. The van der Waals surface area contributed by atoms with Crippen LogP contribution in [-0.2, 0) is 0 Å². The van der Waals surface area contributed by atoms with Gasteiger partial charge in [0.2, 0.25) is 0 Å². The maximum Gasteiger partial charge on any atom is 0.187 e. The SMILES string of the molecule is N=C1N=C(N)C(=Cc2ccc3ncccc3c2)S1. The van der Waals surface area contributed by atoms with Crippen LogP contribution in [0.2, 0.25) is 0 Å². The summed E-state index contributed by atoms with van der Waals surface area (Å²) in [5.74, 6) is 0.413. The highest BCUT2D eigenvalue weighted by Crippen LogP contribution is 2.27. The zero-order valence-corrected chi connectivity index (χ0v) is 10.2. The predicted molar refractivity (Wildman–Crippen MR) is 76.7 cm³/mol. The summed E-state index contributed by atoms with van der Waals surface area (Å²) in [7, 11) is 0. The molecule has 3 N–H and O–H groups in total. The molecule has 0 spiro atoms. The fourth-order valence-electron chi connectivity index (χ4n) is 1.78. The van der Waals surface area contributed by atoms with E-state index in [0.29, 0.717) is 5.84 Å². The van der Waals surface area contributed by atoms with Crippen LogP contribution in [0.4, 0.5) is 0 Å². The fraction of sp³-hybridized carbons (Fsp3) is 0. The van der Waals surface area contributed by atoms with E-state index >= 15 is 0 Å². The molecule has 4 nitrogen and oxygen atoms in total. The first kappa shape index (κ1) is 11.0. The van der Waals surface area contributed by atoms with Gasteiger partial charge in [0.1, 0.15) is 5.84 Å². The van der Waals surface area contributed by atoms with E-state index in [1.165, 1.54) is 11.8 Å². The molecule has 0 radical (unpaired) electrons. The van der Waals surface area contributed by atoms with Crippen molar-refractivity contribution in [3.63, 3.8) is 0 Å². The summed E-state index contributed by atoms with van der Waals surface area (Å²) in [6.07, 6.45) is 3.72. The van der Waals surface area contributed by atoms with Gasteiger partial charge in [-0.15, -0.1) is 0 Å². The molecule has 0 aliphatic carbocycles. The summed E-state index contributed by atoms with van der Waals surface area (Å²) in [5.41, 5.74) is 7.74. The number of rotatable bonds is 1. The Morgan fingerprint density at radius 2 is 2.17 bits per heavy atom. The lowest BCUT2D eigenvalue weighted by Gasteiger charge is -2.00. The van der Waals surface area contributed by atoms with Crippen molar-refractivity contribution in [3.05, 3.63) is 47.0 Å². The maximum absolute atomic E-state index is 7.45. The van der Waals surface area contributed by atoms with Gasteiger partial charge in [0.05, 0.1) is 10.4 Å². The smallest absolute Gasteiger partial charge is 0.187 e. The molecule has 0 amide bonds. The first-order valence-electron chi connectivity index (χ1n) is 5.40. The van der Waals surface area contributed by atoms with Crippen LogP contribution in [0, 0.1) is 5.41 Å². The lowest BCUT2D eigenvalue weighted by atomic mass is 10.1. The summed E-state index contributed by atoms with van der Waals surface area (Å²) in [5, 5.41) is 8.77. The van der Waals surface area contributed by atoms with Crippen LogP contribution in [0.3, 0.4) is 0 Å². The Labute approximate surface area is 108 Å². The Bertz CT molecular complexity index is 703. The van der Waals surface area contributed by atoms with Crippen molar-refractivity contribution < 1.29 is 0 Å². The number of hydrogen-bond donors (Lipinski definition) is 2. The van der Waals surface area contributed by atoms with Crippen molar-refractivity contribution in [2.45, 2.75) is 0 Å². The van der Waals surface area contributed by atoms with Gasteiger partial charge >= 0.3 is 0 Å². The third-order valence-electron chi connectivity index (χ3n) is 2.61. The summed E-state index contributed by atoms with van der Waals surface area (Å²) in [4.78, 5) is 8.98. The van der Waals surface area contributed by atoms with Gasteiger partial charge in [-0.25, -0.2) is 4.99 Å². The zero-order valence-electron chi connectivity index (χ0n) is 9.42. The average Bonchev–Trinajstić information content (AvgIpc) is 2.68. The number of pyridine rings is 1. The molecule has 1 aromatic carbocycles. The van der Waals surface area contributed by atoms with Crippen molar-refractivity contribution in [1.29, 1.82) is 5.41 Å². The Morgan fingerprint density at radius 1 is 1.28 bits per heavy atom. The minimum absolute atomic E-state index is 0.237. The molecule has 0 bridgehead atoms. The van der Waals surface area contributed by atoms with E-state index in [-0.39, 0.29) is 5.17 Å². The van der Waals surface area contributed by atoms with Gasteiger partial charge < -0.3 is 5.73 Å². The van der Waals surface area contributed by atoms with E-state index in [4.69, 9.17) is 11.1 Å². The zero-order chi connectivity index (χ0) is 12.5. The van der Waals surface area contributed by atoms with Crippen molar-refractivity contribution in [1.82, 2.24) is 4.98 Å². The molecule has 2 aromatic rings. The highest BCUT2D eigenvalue weighted by molar-refractivity contribution is 8.18. The third-order valence-corrected chi connectivity index (χ3v) is 3.44. The predicted octanol–water partition coefficient (Wildman–Crippen LogP) is 2.61. The second-order valence-electron chi connectivity index (χ2n) is 3.87. The first-order chi connectivity index (χ1) is 8.72. The number of aromatic nitrogens is 1. The van der Waals surface area contributed by atoms with Crippen LogP contribution in [0.1, 0.15) is 5.56 Å². The minimum atomic E-state index is 0.237. The monoisotopic (exact) mass is 254 g/mol. The summed E-state index contributed by atoms with van der Waals surface area (Å²) in [6, 6.07) is 9.93. The largest absolute Gasteiger partial charge is 0.383 e. The molecule has 1 aromatic heterocycles. The van der Waals surface area contributed by atoms with E-state index in [0.717, 1.165) is 21.4 Å². The molecule has 0 saturated carbocycles. The second kappa shape index (κ2) is 4.27. The van der Waals surface area contributed by atoms with Gasteiger partial charge in [-0.05, 0) is 41.6 Å². The quantitative estimate of drug-likeness (QED) is 0.821. The summed E-state index contributed by atoms with van der Waals surface area (Å²) >= 11 is 1.27. The Hall–Kier alpha value is -2.14. The van der Waals surface area contributed by atoms with Gasteiger partial charge in [-0.3, -0.25) is 10.4 Å². The molecule has 0 atom stereocenters. The molecule has 3 rings (SSSR count). The number of aliphatic imine (C=N–C) groups is 1. The van der Waals surface area contributed by atoms with Crippen molar-refractivity contribution in [2.75, 3.05) is 0 Å². The van der Waals surface area contributed by atoms with Crippen LogP contribution < -0.4 is 5.73 Å². The second-order valence-corrected chi connectivity index (χ2v) is 4.90. The number of benzene rings is 1. The molecule has 1 aliphatic rings.